The number of halogens is 1. The van der Waals surface area contributed by atoms with Gasteiger partial charge in [-0.05, 0) is 44.4 Å². The van der Waals surface area contributed by atoms with E-state index in [4.69, 9.17) is 4.52 Å². The van der Waals surface area contributed by atoms with Crippen LogP contribution in [-0.4, -0.2) is 34.7 Å². The van der Waals surface area contributed by atoms with Gasteiger partial charge >= 0.3 is 0 Å². The fourth-order valence-corrected chi connectivity index (χ4v) is 3.77. The summed E-state index contributed by atoms with van der Waals surface area (Å²) < 4.78 is 5.45. The van der Waals surface area contributed by atoms with Crippen LogP contribution >= 0.6 is 12.4 Å². The van der Waals surface area contributed by atoms with Crippen molar-refractivity contribution in [2.75, 3.05) is 13.1 Å². The highest BCUT2D eigenvalue weighted by Crippen LogP contribution is 2.41. The molecule has 2 aliphatic heterocycles. The first-order chi connectivity index (χ1) is 8.83. The van der Waals surface area contributed by atoms with Gasteiger partial charge in [0.15, 0.2) is 5.58 Å². The third-order valence-electron chi connectivity index (χ3n) is 4.88. The molecule has 0 radical (unpaired) electrons. The SMILES string of the molecule is CC1C2CCN1CC(c1noc3ccccc13)C2.Cl.O. The van der Waals surface area contributed by atoms with Gasteiger partial charge < -0.3 is 10.00 Å². The second-order valence-corrected chi connectivity index (χ2v) is 5.78. The number of piperidine rings is 1. The third-order valence-corrected chi connectivity index (χ3v) is 4.88. The maximum Gasteiger partial charge on any atom is 0.167 e. The number of nitrogens with zero attached hydrogens (tertiary/aromatic N) is 2. The molecule has 0 spiro atoms. The maximum absolute atomic E-state index is 5.45. The number of aromatic nitrogens is 1. The molecule has 4 rings (SSSR count). The predicted octanol–water partition coefficient (Wildman–Crippen LogP) is 2.62. The van der Waals surface area contributed by atoms with Gasteiger partial charge in [0.25, 0.3) is 0 Å². The Balaban J connectivity index is 0.000000735. The van der Waals surface area contributed by atoms with Crippen molar-refractivity contribution in [1.29, 1.82) is 0 Å². The van der Waals surface area contributed by atoms with Gasteiger partial charge in [-0.15, -0.1) is 12.4 Å². The van der Waals surface area contributed by atoms with Crippen LogP contribution in [0.15, 0.2) is 28.8 Å². The Hall–Kier alpha value is -1.10. The molecule has 4 unspecified atom stereocenters. The van der Waals surface area contributed by atoms with Gasteiger partial charge in [-0.25, -0.2) is 0 Å². The van der Waals surface area contributed by atoms with E-state index < -0.39 is 0 Å². The van der Waals surface area contributed by atoms with E-state index in [9.17, 15) is 0 Å². The van der Waals surface area contributed by atoms with Crippen molar-refractivity contribution >= 4 is 23.4 Å². The van der Waals surface area contributed by atoms with Crippen LogP contribution < -0.4 is 0 Å². The lowest BCUT2D eigenvalue weighted by Crippen LogP contribution is -2.39. The highest BCUT2D eigenvalue weighted by Gasteiger charge is 2.40. The number of rotatable bonds is 1. The normalized spacial score (nSPS) is 31.6. The van der Waals surface area contributed by atoms with Crippen molar-refractivity contribution in [2.45, 2.75) is 31.7 Å². The van der Waals surface area contributed by atoms with Gasteiger partial charge in [-0.1, -0.05) is 17.3 Å². The van der Waals surface area contributed by atoms with Crippen molar-refractivity contribution in [3.8, 4) is 0 Å². The summed E-state index contributed by atoms with van der Waals surface area (Å²) in [6.07, 6.45) is 2.63. The second-order valence-electron chi connectivity index (χ2n) is 5.78. The van der Waals surface area contributed by atoms with Crippen LogP contribution in [0.4, 0.5) is 0 Å². The van der Waals surface area contributed by atoms with Crippen molar-refractivity contribution in [3.63, 3.8) is 0 Å². The summed E-state index contributed by atoms with van der Waals surface area (Å²) in [5, 5.41) is 5.55. The zero-order chi connectivity index (χ0) is 12.1. The monoisotopic (exact) mass is 296 g/mol. The Kier molecular flexibility index (Phi) is 4.37. The largest absolute Gasteiger partial charge is 0.412 e. The molecular formula is C15H21ClN2O2. The van der Waals surface area contributed by atoms with Crippen LogP contribution in [0, 0.1) is 5.92 Å². The van der Waals surface area contributed by atoms with Crippen molar-refractivity contribution in [2.24, 2.45) is 5.92 Å². The summed E-state index contributed by atoms with van der Waals surface area (Å²) in [4.78, 5) is 2.61. The average molecular weight is 297 g/mol. The first-order valence-corrected chi connectivity index (χ1v) is 6.91. The standard InChI is InChI=1S/C15H18N2O.ClH.H2O/c1-10-11-6-7-17(10)9-12(8-11)15-13-4-2-3-5-14(13)18-16-15;;/h2-5,10-12H,6-9H2,1H3;1H;1H2. The van der Waals surface area contributed by atoms with Gasteiger partial charge in [0, 0.05) is 23.9 Å². The smallest absolute Gasteiger partial charge is 0.167 e. The lowest BCUT2D eigenvalue weighted by molar-refractivity contribution is 0.168. The Labute approximate surface area is 124 Å². The fourth-order valence-electron chi connectivity index (χ4n) is 3.77. The van der Waals surface area contributed by atoms with Crippen LogP contribution in [0.1, 0.15) is 31.4 Å². The number of para-hydroxylation sites is 1. The summed E-state index contributed by atoms with van der Waals surface area (Å²) in [6, 6.07) is 8.99. The van der Waals surface area contributed by atoms with E-state index in [1.54, 1.807) is 0 Å². The maximum atomic E-state index is 5.45. The van der Waals surface area contributed by atoms with Crippen LogP contribution in [0.3, 0.4) is 0 Å². The molecule has 110 valence electrons. The Morgan fingerprint density at radius 2 is 2.10 bits per heavy atom. The molecule has 2 bridgehead atoms. The van der Waals surface area contributed by atoms with E-state index in [0.717, 1.165) is 24.1 Å². The van der Waals surface area contributed by atoms with Gasteiger partial charge in [0.05, 0.1) is 5.69 Å². The summed E-state index contributed by atoms with van der Waals surface area (Å²) in [7, 11) is 0. The molecule has 3 heterocycles. The molecule has 4 atom stereocenters. The van der Waals surface area contributed by atoms with Gasteiger partial charge in [-0.3, -0.25) is 4.90 Å². The molecule has 2 aliphatic rings. The third kappa shape index (κ3) is 2.22. The van der Waals surface area contributed by atoms with Crippen molar-refractivity contribution in [1.82, 2.24) is 10.1 Å². The van der Waals surface area contributed by atoms with E-state index in [2.05, 4.69) is 29.1 Å². The van der Waals surface area contributed by atoms with E-state index in [1.807, 2.05) is 12.1 Å². The zero-order valence-electron chi connectivity index (χ0n) is 11.6. The molecule has 0 aliphatic carbocycles. The van der Waals surface area contributed by atoms with Crippen LogP contribution in [-0.2, 0) is 0 Å². The highest BCUT2D eigenvalue weighted by molar-refractivity contribution is 5.85. The molecule has 2 saturated heterocycles. The molecule has 1 aromatic heterocycles. The molecule has 1 aromatic carbocycles. The molecule has 4 nitrogen and oxygen atoms in total. The number of hydrogen-bond donors (Lipinski definition) is 0. The first-order valence-electron chi connectivity index (χ1n) is 6.91. The molecular weight excluding hydrogens is 276 g/mol. The van der Waals surface area contributed by atoms with Crippen LogP contribution in [0.2, 0.25) is 0 Å². The summed E-state index contributed by atoms with van der Waals surface area (Å²) in [5.74, 6) is 1.40. The topological polar surface area (TPSA) is 60.8 Å². The number of fused-ring (bicyclic) bond motifs is 3. The molecule has 0 amide bonds. The van der Waals surface area contributed by atoms with E-state index in [-0.39, 0.29) is 17.9 Å². The fraction of sp³-hybridized carbons (Fsp3) is 0.533. The summed E-state index contributed by atoms with van der Waals surface area (Å²) in [5.41, 5.74) is 2.10. The van der Waals surface area contributed by atoms with Gasteiger partial charge in [0.1, 0.15) is 0 Å². The summed E-state index contributed by atoms with van der Waals surface area (Å²) in [6.45, 7) is 4.78. The molecule has 2 aromatic rings. The van der Waals surface area contributed by atoms with Crippen molar-refractivity contribution < 1.29 is 10.00 Å². The first kappa shape index (κ1) is 15.3. The minimum Gasteiger partial charge on any atom is -0.412 e. The minimum atomic E-state index is 0. The average Bonchev–Trinajstić information content (AvgIpc) is 2.88. The molecule has 2 fully saturated rings. The number of benzene rings is 1. The quantitative estimate of drug-likeness (QED) is 0.813. The Morgan fingerprint density at radius 3 is 2.90 bits per heavy atom. The number of hydrogen-bond acceptors (Lipinski definition) is 3. The summed E-state index contributed by atoms with van der Waals surface area (Å²) >= 11 is 0. The van der Waals surface area contributed by atoms with Crippen LogP contribution in [0.25, 0.3) is 11.0 Å². The molecule has 2 N–H and O–H groups in total. The lowest BCUT2D eigenvalue weighted by atomic mass is 9.84. The lowest BCUT2D eigenvalue weighted by Gasteiger charge is -2.34. The molecule has 5 heteroatoms. The highest BCUT2D eigenvalue weighted by atomic mass is 35.5. The van der Waals surface area contributed by atoms with Crippen LogP contribution in [0.5, 0.6) is 0 Å². The van der Waals surface area contributed by atoms with E-state index in [1.165, 1.54) is 30.5 Å². The second kappa shape index (κ2) is 5.72. The zero-order valence-corrected chi connectivity index (χ0v) is 12.4. The van der Waals surface area contributed by atoms with E-state index >= 15 is 0 Å². The predicted molar refractivity (Wildman–Crippen MR) is 81.4 cm³/mol. The Bertz CT molecular complexity index is 572. The van der Waals surface area contributed by atoms with Crippen molar-refractivity contribution in [3.05, 3.63) is 30.0 Å². The van der Waals surface area contributed by atoms with Gasteiger partial charge in [0.2, 0.25) is 0 Å². The van der Waals surface area contributed by atoms with Gasteiger partial charge in [-0.2, -0.15) is 0 Å². The Morgan fingerprint density at radius 1 is 1.30 bits per heavy atom. The van der Waals surface area contributed by atoms with E-state index in [0.29, 0.717) is 5.92 Å². The molecule has 20 heavy (non-hydrogen) atoms. The molecule has 0 saturated carbocycles. The minimum absolute atomic E-state index is 0.